The maximum absolute atomic E-state index is 12.7. The SMILES string of the molecule is CNC(=O)N(CCC=O)c1ccc(N2CCC(CN3CCN(c4ccc(Nc5nccc(C6=CC=C(CNC(=O)N7CC(OC(C)C)C7)C(C)=CC6)n5)cc4)CC3)CC2)cc1. The predicted octanol–water partition coefficient (Wildman–Crippen LogP) is 6.47. The maximum atomic E-state index is 12.7. The van der Waals surface area contributed by atoms with Gasteiger partial charge in [0.25, 0.3) is 0 Å². The van der Waals surface area contributed by atoms with E-state index in [0.29, 0.717) is 44.5 Å². The molecule has 0 unspecified atom stereocenters. The van der Waals surface area contributed by atoms with Crippen molar-refractivity contribution in [1.82, 2.24) is 30.4 Å². The molecule has 7 rings (SSSR count). The summed E-state index contributed by atoms with van der Waals surface area (Å²) in [4.78, 5) is 56.3. The van der Waals surface area contributed by atoms with Crippen molar-refractivity contribution >= 4 is 52.6 Å². The number of allylic oxidation sites excluding steroid dienone is 4. The molecule has 1 aliphatic carbocycles. The molecule has 0 spiro atoms. The zero-order valence-electron chi connectivity index (χ0n) is 36.2. The number of carbonyl (C=O) groups is 3. The average molecular weight is 831 g/mol. The largest absolute Gasteiger partial charge is 0.372 e. The summed E-state index contributed by atoms with van der Waals surface area (Å²) in [5.74, 6) is 1.23. The molecule has 0 radical (unpaired) electrons. The predicted molar refractivity (Wildman–Crippen MR) is 244 cm³/mol. The first-order valence-corrected chi connectivity index (χ1v) is 21.9. The van der Waals surface area contributed by atoms with Crippen LogP contribution in [0.15, 0.2) is 90.2 Å². The molecule has 14 nitrogen and oxygen atoms in total. The molecule has 4 aliphatic rings. The standard InChI is InChI=1S/C47H62N10O4/c1-34(2)61-43-32-56(33-43)47(60)50-30-38-9-8-37(7-6-35(38)3)44-18-21-49-45(52-44)51-39-10-12-40(13-11-39)55-27-25-53(26-28-55)31-36-19-23-54(24-20-36)41-14-16-42(17-15-41)57(22-5-29-58)46(59)48-4/h6,8-18,21,29,34,36,43H,5,7,19-20,22-28,30-33H2,1-4H3,(H,48,59)(H,50,60)(H,49,51,52). The Morgan fingerprint density at radius 2 is 1.61 bits per heavy atom. The summed E-state index contributed by atoms with van der Waals surface area (Å²) in [6, 6.07) is 18.3. The summed E-state index contributed by atoms with van der Waals surface area (Å²) in [7, 11) is 1.60. The number of hydrogen-bond acceptors (Lipinski definition) is 10. The van der Waals surface area contributed by atoms with Crippen molar-refractivity contribution in [2.45, 2.75) is 58.7 Å². The van der Waals surface area contributed by atoms with Crippen LogP contribution in [0.25, 0.3) is 5.57 Å². The Morgan fingerprint density at radius 1 is 0.918 bits per heavy atom. The van der Waals surface area contributed by atoms with E-state index in [0.717, 1.165) is 105 Å². The summed E-state index contributed by atoms with van der Waals surface area (Å²) in [6.07, 6.45) is 12.7. The second kappa shape index (κ2) is 20.7. The summed E-state index contributed by atoms with van der Waals surface area (Å²) < 4.78 is 5.78. The highest BCUT2D eigenvalue weighted by molar-refractivity contribution is 5.92. The molecule has 0 bridgehead atoms. The minimum atomic E-state index is -0.212. The molecule has 61 heavy (non-hydrogen) atoms. The minimum Gasteiger partial charge on any atom is -0.372 e. The fourth-order valence-electron chi connectivity index (χ4n) is 8.46. The van der Waals surface area contributed by atoms with Gasteiger partial charge < -0.3 is 40.2 Å². The third-order valence-electron chi connectivity index (χ3n) is 12.1. The van der Waals surface area contributed by atoms with Crippen molar-refractivity contribution < 1.29 is 19.1 Å². The fourth-order valence-corrected chi connectivity index (χ4v) is 8.46. The number of rotatable bonds is 15. The van der Waals surface area contributed by atoms with Crippen molar-refractivity contribution in [2.75, 3.05) is 99.1 Å². The Morgan fingerprint density at radius 3 is 2.28 bits per heavy atom. The van der Waals surface area contributed by atoms with Gasteiger partial charge in [-0.2, -0.15) is 0 Å². The van der Waals surface area contributed by atoms with Crippen molar-refractivity contribution in [1.29, 1.82) is 0 Å². The number of carbonyl (C=O) groups excluding carboxylic acids is 3. The van der Waals surface area contributed by atoms with Gasteiger partial charge in [0.1, 0.15) is 6.29 Å². The highest BCUT2D eigenvalue weighted by atomic mass is 16.5. The number of likely N-dealkylation sites (tertiary alicyclic amines) is 1. The number of amides is 4. The Hall–Kier alpha value is -5.73. The number of benzene rings is 2. The quantitative estimate of drug-likeness (QED) is 0.146. The number of hydrogen-bond donors (Lipinski definition) is 3. The molecule has 3 aromatic rings. The molecule has 3 N–H and O–H groups in total. The van der Waals surface area contributed by atoms with E-state index in [1.54, 1.807) is 23.0 Å². The van der Waals surface area contributed by atoms with Crippen LogP contribution in [0.3, 0.4) is 0 Å². The van der Waals surface area contributed by atoms with Crippen LogP contribution in [0, 0.1) is 5.92 Å². The molecular formula is C47H62N10O4. The van der Waals surface area contributed by atoms with E-state index in [1.165, 1.54) is 11.4 Å². The first kappa shape index (κ1) is 43.4. The third kappa shape index (κ3) is 11.6. The molecule has 324 valence electrons. The summed E-state index contributed by atoms with van der Waals surface area (Å²) >= 11 is 0. The van der Waals surface area contributed by atoms with E-state index in [2.05, 4.69) is 97.2 Å². The zero-order chi connectivity index (χ0) is 42.7. The lowest BCUT2D eigenvalue weighted by atomic mass is 9.95. The second-order valence-electron chi connectivity index (χ2n) is 16.7. The van der Waals surface area contributed by atoms with Crippen LogP contribution >= 0.6 is 0 Å². The van der Waals surface area contributed by atoms with Crippen LogP contribution in [0.5, 0.6) is 0 Å². The van der Waals surface area contributed by atoms with Crippen LogP contribution in [0.4, 0.5) is 38.3 Å². The lowest BCUT2D eigenvalue weighted by Crippen LogP contribution is -2.58. The topological polar surface area (TPSA) is 139 Å². The number of piperidine rings is 1. The summed E-state index contributed by atoms with van der Waals surface area (Å²) in [5, 5.41) is 9.14. The van der Waals surface area contributed by atoms with E-state index in [-0.39, 0.29) is 24.3 Å². The van der Waals surface area contributed by atoms with Gasteiger partial charge in [0, 0.05) is 101 Å². The average Bonchev–Trinajstić information content (AvgIpc) is 3.45. The van der Waals surface area contributed by atoms with Gasteiger partial charge in [-0.3, -0.25) is 9.80 Å². The van der Waals surface area contributed by atoms with Crippen LogP contribution in [0.1, 0.15) is 52.1 Å². The fraction of sp³-hybridized carbons (Fsp3) is 0.468. The van der Waals surface area contributed by atoms with Crippen molar-refractivity contribution in [2.24, 2.45) is 5.92 Å². The Bertz CT molecular complexity index is 2050. The second-order valence-corrected chi connectivity index (χ2v) is 16.7. The van der Waals surface area contributed by atoms with Crippen molar-refractivity contribution in [3.05, 3.63) is 95.9 Å². The number of ether oxygens (including phenoxy) is 1. The van der Waals surface area contributed by atoms with E-state index in [1.807, 2.05) is 32.0 Å². The lowest BCUT2D eigenvalue weighted by Gasteiger charge is -2.40. The first-order valence-electron chi connectivity index (χ1n) is 21.9. The first-order chi connectivity index (χ1) is 29.6. The number of urea groups is 2. The van der Waals surface area contributed by atoms with E-state index in [4.69, 9.17) is 9.72 Å². The van der Waals surface area contributed by atoms with Gasteiger partial charge in [-0.15, -0.1) is 0 Å². The molecule has 1 aromatic heterocycles. The molecule has 3 fully saturated rings. The molecule has 2 aromatic carbocycles. The van der Waals surface area contributed by atoms with Gasteiger partial charge in [0.15, 0.2) is 0 Å². The van der Waals surface area contributed by atoms with Crippen LogP contribution in [-0.2, 0) is 9.53 Å². The number of aldehydes is 1. The number of nitrogens with one attached hydrogen (secondary N) is 3. The van der Waals surface area contributed by atoms with Gasteiger partial charge in [0.05, 0.1) is 31.0 Å². The third-order valence-corrected chi connectivity index (χ3v) is 12.1. The Labute approximate surface area is 360 Å². The van der Waals surface area contributed by atoms with E-state index in [9.17, 15) is 14.4 Å². The Balaban J connectivity index is 0.839. The van der Waals surface area contributed by atoms with Crippen LogP contribution in [-0.4, -0.2) is 129 Å². The smallest absolute Gasteiger partial charge is 0.321 e. The summed E-state index contributed by atoms with van der Waals surface area (Å²) in [6.45, 7) is 15.5. The van der Waals surface area contributed by atoms with E-state index >= 15 is 0 Å². The Kier molecular flexibility index (Phi) is 14.7. The highest BCUT2D eigenvalue weighted by Gasteiger charge is 2.32. The van der Waals surface area contributed by atoms with Crippen LogP contribution in [0.2, 0.25) is 0 Å². The molecule has 4 amide bonds. The number of piperazine rings is 1. The maximum Gasteiger partial charge on any atom is 0.321 e. The summed E-state index contributed by atoms with van der Waals surface area (Å²) in [5.41, 5.74) is 8.30. The van der Waals surface area contributed by atoms with Gasteiger partial charge in [0.2, 0.25) is 5.95 Å². The van der Waals surface area contributed by atoms with Crippen molar-refractivity contribution in [3.63, 3.8) is 0 Å². The van der Waals surface area contributed by atoms with Crippen LogP contribution < -0.4 is 30.7 Å². The highest BCUT2D eigenvalue weighted by Crippen LogP contribution is 2.29. The molecule has 0 saturated carbocycles. The van der Waals surface area contributed by atoms with Gasteiger partial charge in [-0.1, -0.05) is 18.2 Å². The van der Waals surface area contributed by atoms with Gasteiger partial charge >= 0.3 is 12.1 Å². The molecule has 3 aliphatic heterocycles. The molecular weight excluding hydrogens is 769 g/mol. The monoisotopic (exact) mass is 830 g/mol. The van der Waals surface area contributed by atoms with Gasteiger partial charge in [-0.25, -0.2) is 19.6 Å². The van der Waals surface area contributed by atoms with Crippen molar-refractivity contribution in [3.8, 4) is 0 Å². The number of aromatic nitrogens is 2. The zero-order valence-corrected chi connectivity index (χ0v) is 36.2. The number of nitrogens with zero attached hydrogens (tertiary/aromatic N) is 7. The lowest BCUT2D eigenvalue weighted by molar-refractivity contribution is -0.107. The molecule has 4 heterocycles. The molecule has 3 saturated heterocycles. The molecule has 14 heteroatoms. The van der Waals surface area contributed by atoms with Gasteiger partial charge in [-0.05, 0) is 117 Å². The minimum absolute atomic E-state index is 0.0585. The van der Waals surface area contributed by atoms with E-state index < -0.39 is 0 Å². The normalized spacial score (nSPS) is 17.8. The number of anilines is 5. The molecule has 0 atom stereocenters.